The Kier molecular flexibility index (Phi) is 7.87. The van der Waals surface area contributed by atoms with E-state index >= 15 is 0 Å². The zero-order valence-electron chi connectivity index (χ0n) is 18.9. The minimum atomic E-state index is -0.929. The van der Waals surface area contributed by atoms with Crippen molar-refractivity contribution in [3.05, 3.63) is 53.6 Å². The Morgan fingerprint density at radius 1 is 1.16 bits per heavy atom. The van der Waals surface area contributed by atoms with Crippen LogP contribution >= 0.6 is 12.4 Å². The van der Waals surface area contributed by atoms with Gasteiger partial charge in [-0.2, -0.15) is 0 Å². The van der Waals surface area contributed by atoms with Gasteiger partial charge in [-0.25, -0.2) is 14.1 Å². The Hall–Kier alpha value is -2.41. The van der Waals surface area contributed by atoms with Gasteiger partial charge in [-0.3, -0.25) is 0 Å². The van der Waals surface area contributed by atoms with Crippen LogP contribution in [0.4, 0.5) is 10.5 Å². The highest BCUT2D eigenvalue weighted by molar-refractivity contribution is 5.89. The highest BCUT2D eigenvalue weighted by Gasteiger charge is 2.47. The van der Waals surface area contributed by atoms with Gasteiger partial charge in [0.25, 0.3) is 0 Å². The molecule has 168 valence electrons. The molecule has 0 saturated carbocycles. The van der Waals surface area contributed by atoms with Crippen molar-refractivity contribution in [1.82, 2.24) is 14.7 Å². The Balaban J connectivity index is 0.00000341. The van der Waals surface area contributed by atoms with Crippen LogP contribution in [0.25, 0.3) is 11.1 Å². The van der Waals surface area contributed by atoms with E-state index in [2.05, 4.69) is 35.6 Å². The van der Waals surface area contributed by atoms with E-state index in [1.54, 1.807) is 6.92 Å². The van der Waals surface area contributed by atoms with Gasteiger partial charge in [0.2, 0.25) is 0 Å². The average Bonchev–Trinajstić information content (AvgIpc) is 2.72. The first-order valence-corrected chi connectivity index (χ1v) is 10.5. The smallest absolute Gasteiger partial charge is 0.407 e. The fourth-order valence-electron chi connectivity index (χ4n) is 4.61. The van der Waals surface area contributed by atoms with Crippen molar-refractivity contribution in [1.29, 1.82) is 0 Å². The normalized spacial score (nSPS) is 22.2. The predicted molar refractivity (Wildman–Crippen MR) is 128 cm³/mol. The largest absolute Gasteiger partial charge is 0.465 e. The Bertz CT molecular complexity index is 948. The number of carboxylic acid groups (broad SMARTS) is 1. The molecule has 0 radical (unpaired) electrons. The fraction of sp³-hybridized carbons (Fsp3) is 0.417. The molecule has 2 aromatic rings. The Morgan fingerprint density at radius 3 is 2.29 bits per heavy atom. The second kappa shape index (κ2) is 9.81. The standard InChI is InChI=1S/C24H31N3O3.ClH/c1-6-26(24(29)30)22-13-16(2)27(5,17(3)28)23-12-11-20(14-21(22)23)19-9-7-18(8-10-19)15-25-4;/h7-12,14,16,22,25H,6,13,15H2,1-5H3;1H/p+1/t16-,22?,27+;/m0./s1. The molecule has 2 amide bonds. The lowest BCUT2D eigenvalue weighted by atomic mass is 9.86. The zero-order chi connectivity index (χ0) is 22.1. The van der Waals surface area contributed by atoms with Gasteiger partial charge in [-0.15, -0.1) is 12.4 Å². The monoisotopic (exact) mass is 446 g/mol. The maximum absolute atomic E-state index is 12.7. The topological polar surface area (TPSA) is 69.6 Å². The van der Waals surface area contributed by atoms with Crippen LogP contribution in [0.15, 0.2) is 42.5 Å². The molecule has 1 heterocycles. The number of rotatable bonds is 5. The zero-order valence-corrected chi connectivity index (χ0v) is 19.7. The van der Waals surface area contributed by atoms with Crippen molar-refractivity contribution in [3.8, 4) is 11.1 Å². The van der Waals surface area contributed by atoms with E-state index in [1.165, 1.54) is 10.5 Å². The van der Waals surface area contributed by atoms with Crippen LogP contribution < -0.4 is 9.80 Å². The number of nitrogens with zero attached hydrogens (tertiary/aromatic N) is 2. The van der Waals surface area contributed by atoms with Crippen LogP contribution in [0.2, 0.25) is 0 Å². The predicted octanol–water partition coefficient (Wildman–Crippen LogP) is 4.81. The number of carbonyl (C=O) groups excluding carboxylic acids is 1. The summed E-state index contributed by atoms with van der Waals surface area (Å²) in [6.07, 6.45) is -0.324. The molecule has 3 atom stereocenters. The van der Waals surface area contributed by atoms with Crippen LogP contribution in [0.3, 0.4) is 0 Å². The first kappa shape index (κ1) is 24.9. The Labute approximate surface area is 190 Å². The lowest BCUT2D eigenvalue weighted by Gasteiger charge is -2.45. The van der Waals surface area contributed by atoms with E-state index in [0.717, 1.165) is 28.9 Å². The van der Waals surface area contributed by atoms with Crippen molar-refractivity contribution in [3.63, 3.8) is 0 Å². The number of hydrogen-bond donors (Lipinski definition) is 2. The van der Waals surface area contributed by atoms with Crippen molar-refractivity contribution >= 4 is 30.1 Å². The number of amides is 2. The van der Waals surface area contributed by atoms with E-state index in [-0.39, 0.29) is 34.9 Å². The molecule has 31 heavy (non-hydrogen) atoms. The first-order valence-electron chi connectivity index (χ1n) is 10.5. The van der Waals surface area contributed by atoms with Gasteiger partial charge < -0.3 is 15.3 Å². The molecule has 0 fully saturated rings. The number of benzene rings is 2. The lowest BCUT2D eigenvalue weighted by molar-refractivity contribution is -0.129. The van der Waals surface area contributed by atoms with Crippen LogP contribution in [-0.2, 0) is 11.3 Å². The van der Waals surface area contributed by atoms with Gasteiger partial charge >= 0.3 is 12.0 Å². The molecule has 0 saturated heterocycles. The number of hydrogen-bond acceptors (Lipinski definition) is 3. The molecule has 1 unspecified atom stereocenters. The molecular weight excluding hydrogens is 414 g/mol. The van der Waals surface area contributed by atoms with Crippen LogP contribution in [-0.4, -0.2) is 48.7 Å². The van der Waals surface area contributed by atoms with Crippen molar-refractivity contribution in [2.75, 3.05) is 20.6 Å². The maximum Gasteiger partial charge on any atom is 0.407 e. The fourth-order valence-corrected chi connectivity index (χ4v) is 4.61. The van der Waals surface area contributed by atoms with Gasteiger partial charge in [-0.05, 0) is 49.7 Å². The number of fused-ring (bicyclic) bond motifs is 1. The van der Waals surface area contributed by atoms with Crippen LogP contribution in [0, 0.1) is 0 Å². The van der Waals surface area contributed by atoms with Gasteiger partial charge in [0.1, 0.15) is 5.69 Å². The summed E-state index contributed by atoms with van der Waals surface area (Å²) in [5, 5.41) is 12.9. The average molecular weight is 447 g/mol. The first-order chi connectivity index (χ1) is 14.2. The third-order valence-electron chi connectivity index (χ3n) is 6.62. The molecule has 1 aliphatic heterocycles. The van der Waals surface area contributed by atoms with Crippen molar-refractivity contribution < 1.29 is 14.7 Å². The molecule has 0 aromatic heterocycles. The minimum absolute atomic E-state index is 0. The Morgan fingerprint density at radius 2 is 1.77 bits per heavy atom. The molecular formula is C24H33ClN3O3+. The highest BCUT2D eigenvalue weighted by Crippen LogP contribution is 2.45. The second-order valence-corrected chi connectivity index (χ2v) is 8.26. The van der Waals surface area contributed by atoms with Crippen molar-refractivity contribution in [2.24, 2.45) is 0 Å². The summed E-state index contributed by atoms with van der Waals surface area (Å²) in [4.78, 5) is 26.1. The van der Waals surface area contributed by atoms with Gasteiger partial charge in [0.05, 0.1) is 26.1 Å². The summed E-state index contributed by atoms with van der Waals surface area (Å²) in [6, 6.07) is 14.2. The molecule has 7 heteroatoms. The SMILES string of the molecule is CCN(C(=O)O)C1C[C@H](C)[N@+](C)(C(C)=O)c2ccc(-c3ccc(CNC)cc3)cc21.Cl. The molecule has 0 aliphatic carbocycles. The van der Waals surface area contributed by atoms with E-state index < -0.39 is 6.09 Å². The number of nitrogens with one attached hydrogen (secondary N) is 1. The maximum atomic E-state index is 12.7. The van der Waals surface area contributed by atoms with E-state index in [0.29, 0.717) is 13.0 Å². The number of carbonyl (C=O) groups is 2. The van der Waals surface area contributed by atoms with Gasteiger partial charge in [0.15, 0.2) is 0 Å². The van der Waals surface area contributed by atoms with Gasteiger partial charge in [0, 0.05) is 31.1 Å². The summed E-state index contributed by atoms with van der Waals surface area (Å²) in [6.45, 7) is 6.71. The van der Waals surface area contributed by atoms with E-state index in [9.17, 15) is 14.7 Å². The third kappa shape index (κ3) is 4.47. The second-order valence-electron chi connectivity index (χ2n) is 8.26. The highest BCUT2D eigenvalue weighted by atomic mass is 35.5. The molecule has 6 nitrogen and oxygen atoms in total. The summed E-state index contributed by atoms with van der Waals surface area (Å²) in [7, 11) is 3.86. The summed E-state index contributed by atoms with van der Waals surface area (Å²) in [5.74, 6) is 0.0599. The van der Waals surface area contributed by atoms with E-state index in [1.807, 2.05) is 40.1 Å². The molecule has 0 spiro atoms. The van der Waals surface area contributed by atoms with Crippen molar-refractivity contribution in [2.45, 2.75) is 45.8 Å². The molecule has 1 aliphatic rings. The van der Waals surface area contributed by atoms with Crippen LogP contribution in [0.1, 0.15) is 44.4 Å². The number of halogens is 1. The summed E-state index contributed by atoms with van der Waals surface area (Å²) >= 11 is 0. The summed E-state index contributed by atoms with van der Waals surface area (Å²) in [5.41, 5.74) is 5.12. The molecule has 0 bridgehead atoms. The molecule has 2 aromatic carbocycles. The molecule has 3 rings (SSSR count). The van der Waals surface area contributed by atoms with E-state index in [4.69, 9.17) is 0 Å². The van der Waals surface area contributed by atoms with Crippen LogP contribution in [0.5, 0.6) is 0 Å². The lowest BCUT2D eigenvalue weighted by Crippen LogP contribution is -2.60. The third-order valence-corrected chi connectivity index (χ3v) is 6.62. The minimum Gasteiger partial charge on any atom is -0.465 e. The van der Waals surface area contributed by atoms with Gasteiger partial charge in [-0.1, -0.05) is 24.3 Å². The molecule has 2 N–H and O–H groups in total. The summed E-state index contributed by atoms with van der Waals surface area (Å²) < 4.78 is 0.185. The number of quaternary nitrogens is 1. The quantitative estimate of drug-likeness (QED) is 0.646.